The standard InChI is InChI=1S/C11H14O3/c12-8-2-1-3-9-4-6-10(7-5-9)11(13)14/h4-7,12H,1-3,8H2,(H,13,14). The van der Waals surface area contributed by atoms with E-state index in [0.29, 0.717) is 5.56 Å². The van der Waals surface area contributed by atoms with Gasteiger partial charge in [0.1, 0.15) is 0 Å². The van der Waals surface area contributed by atoms with Gasteiger partial charge in [-0.2, -0.15) is 0 Å². The highest BCUT2D eigenvalue weighted by molar-refractivity contribution is 5.87. The summed E-state index contributed by atoms with van der Waals surface area (Å²) in [6.45, 7) is 0.215. The molecule has 3 heteroatoms. The van der Waals surface area contributed by atoms with Gasteiger partial charge < -0.3 is 10.2 Å². The molecule has 1 aromatic carbocycles. The van der Waals surface area contributed by atoms with Crippen molar-refractivity contribution in [2.75, 3.05) is 6.61 Å². The highest BCUT2D eigenvalue weighted by Crippen LogP contribution is 2.07. The average molecular weight is 194 g/mol. The summed E-state index contributed by atoms with van der Waals surface area (Å²) >= 11 is 0. The van der Waals surface area contributed by atoms with E-state index in [1.807, 2.05) is 12.1 Å². The summed E-state index contributed by atoms with van der Waals surface area (Å²) in [5.74, 6) is -0.896. The number of rotatable bonds is 5. The van der Waals surface area contributed by atoms with Crippen LogP contribution in [0, 0.1) is 0 Å². The highest BCUT2D eigenvalue weighted by Gasteiger charge is 2.00. The molecule has 76 valence electrons. The summed E-state index contributed by atoms with van der Waals surface area (Å²) in [4.78, 5) is 10.5. The van der Waals surface area contributed by atoms with Gasteiger partial charge in [0.05, 0.1) is 5.56 Å². The van der Waals surface area contributed by atoms with Crippen LogP contribution in [-0.2, 0) is 6.42 Å². The molecule has 0 amide bonds. The second-order valence-corrected chi connectivity index (χ2v) is 3.18. The Morgan fingerprint density at radius 2 is 1.79 bits per heavy atom. The molecule has 3 nitrogen and oxygen atoms in total. The number of aliphatic hydroxyl groups is 1. The second-order valence-electron chi connectivity index (χ2n) is 3.18. The van der Waals surface area contributed by atoms with Crippen molar-refractivity contribution < 1.29 is 15.0 Å². The first-order chi connectivity index (χ1) is 6.74. The maximum absolute atomic E-state index is 10.5. The van der Waals surface area contributed by atoms with Gasteiger partial charge in [-0.05, 0) is 37.0 Å². The fourth-order valence-electron chi connectivity index (χ4n) is 1.25. The predicted octanol–water partition coefficient (Wildman–Crippen LogP) is 1.70. The zero-order chi connectivity index (χ0) is 10.4. The summed E-state index contributed by atoms with van der Waals surface area (Å²) < 4.78 is 0. The molecule has 0 atom stereocenters. The number of carboxylic acids is 1. The van der Waals surface area contributed by atoms with Crippen molar-refractivity contribution in [1.82, 2.24) is 0 Å². The van der Waals surface area contributed by atoms with Crippen molar-refractivity contribution in [2.45, 2.75) is 19.3 Å². The topological polar surface area (TPSA) is 57.5 Å². The largest absolute Gasteiger partial charge is 0.478 e. The summed E-state index contributed by atoms with van der Waals surface area (Å²) in [5.41, 5.74) is 1.43. The average Bonchev–Trinajstić information content (AvgIpc) is 2.19. The van der Waals surface area contributed by atoms with Gasteiger partial charge in [-0.25, -0.2) is 4.79 Å². The van der Waals surface area contributed by atoms with Crippen LogP contribution in [0.5, 0.6) is 0 Å². The molecule has 2 N–H and O–H groups in total. The molecule has 0 unspecified atom stereocenters. The van der Waals surface area contributed by atoms with Crippen molar-refractivity contribution in [1.29, 1.82) is 0 Å². The Kier molecular flexibility index (Phi) is 4.13. The molecule has 0 saturated carbocycles. The Balaban J connectivity index is 2.51. The fourth-order valence-corrected chi connectivity index (χ4v) is 1.25. The second kappa shape index (κ2) is 5.40. The van der Waals surface area contributed by atoms with E-state index in [2.05, 4.69) is 0 Å². The van der Waals surface area contributed by atoms with Gasteiger partial charge in [0.15, 0.2) is 0 Å². The SMILES string of the molecule is O=C(O)c1ccc(CCCCO)cc1. The molecule has 0 bridgehead atoms. The van der Waals surface area contributed by atoms with E-state index in [-0.39, 0.29) is 6.61 Å². The van der Waals surface area contributed by atoms with E-state index in [0.717, 1.165) is 24.8 Å². The normalized spacial score (nSPS) is 10.1. The Morgan fingerprint density at radius 3 is 2.29 bits per heavy atom. The molecule has 0 aromatic heterocycles. The lowest BCUT2D eigenvalue weighted by Gasteiger charge is -2.00. The van der Waals surface area contributed by atoms with E-state index >= 15 is 0 Å². The summed E-state index contributed by atoms with van der Waals surface area (Å²) in [6, 6.07) is 6.86. The maximum atomic E-state index is 10.5. The van der Waals surface area contributed by atoms with Gasteiger partial charge in [0, 0.05) is 6.61 Å². The quantitative estimate of drug-likeness (QED) is 0.701. The lowest BCUT2D eigenvalue weighted by molar-refractivity contribution is 0.0697. The third-order valence-corrected chi connectivity index (χ3v) is 2.07. The number of hydrogen-bond donors (Lipinski definition) is 2. The first-order valence-corrected chi connectivity index (χ1v) is 4.67. The minimum absolute atomic E-state index is 0.215. The Morgan fingerprint density at radius 1 is 1.14 bits per heavy atom. The van der Waals surface area contributed by atoms with Gasteiger partial charge in [-0.15, -0.1) is 0 Å². The zero-order valence-corrected chi connectivity index (χ0v) is 7.94. The molecule has 0 heterocycles. The van der Waals surface area contributed by atoms with Crippen LogP contribution in [0.1, 0.15) is 28.8 Å². The number of benzene rings is 1. The number of aliphatic hydroxyl groups excluding tert-OH is 1. The molecule has 0 radical (unpaired) electrons. The fraction of sp³-hybridized carbons (Fsp3) is 0.364. The summed E-state index contributed by atoms with van der Waals surface area (Å²) in [7, 11) is 0. The van der Waals surface area contributed by atoms with Gasteiger partial charge in [0.25, 0.3) is 0 Å². The van der Waals surface area contributed by atoms with Gasteiger partial charge in [-0.3, -0.25) is 0 Å². The lowest BCUT2D eigenvalue weighted by Crippen LogP contribution is -1.96. The molecule has 14 heavy (non-hydrogen) atoms. The molecular weight excluding hydrogens is 180 g/mol. The first-order valence-electron chi connectivity index (χ1n) is 4.67. The van der Waals surface area contributed by atoms with Crippen molar-refractivity contribution in [3.63, 3.8) is 0 Å². The number of aromatic carboxylic acids is 1. The molecule has 0 fully saturated rings. The minimum Gasteiger partial charge on any atom is -0.478 e. The third kappa shape index (κ3) is 3.18. The van der Waals surface area contributed by atoms with E-state index in [9.17, 15) is 4.79 Å². The van der Waals surface area contributed by atoms with Crippen molar-refractivity contribution in [3.8, 4) is 0 Å². The maximum Gasteiger partial charge on any atom is 0.335 e. The molecule has 0 aliphatic heterocycles. The summed E-state index contributed by atoms with van der Waals surface area (Å²) in [6.07, 6.45) is 2.62. The Hall–Kier alpha value is -1.35. The first kappa shape index (κ1) is 10.7. The predicted molar refractivity (Wildman–Crippen MR) is 53.4 cm³/mol. The molecule has 0 spiro atoms. The molecule has 0 saturated heterocycles. The number of unbranched alkanes of at least 4 members (excludes halogenated alkanes) is 1. The van der Waals surface area contributed by atoms with Crippen LogP contribution in [0.15, 0.2) is 24.3 Å². The Bertz CT molecular complexity index is 290. The van der Waals surface area contributed by atoms with Crippen LogP contribution < -0.4 is 0 Å². The van der Waals surface area contributed by atoms with Crippen LogP contribution in [0.25, 0.3) is 0 Å². The van der Waals surface area contributed by atoms with E-state index in [1.54, 1.807) is 12.1 Å². The van der Waals surface area contributed by atoms with Crippen LogP contribution >= 0.6 is 0 Å². The van der Waals surface area contributed by atoms with E-state index < -0.39 is 5.97 Å². The van der Waals surface area contributed by atoms with Crippen molar-refractivity contribution >= 4 is 5.97 Å². The Labute approximate surface area is 83.0 Å². The number of carbonyl (C=O) groups is 1. The van der Waals surface area contributed by atoms with Crippen LogP contribution in [0.3, 0.4) is 0 Å². The van der Waals surface area contributed by atoms with Crippen LogP contribution in [-0.4, -0.2) is 22.8 Å². The monoisotopic (exact) mass is 194 g/mol. The number of aryl methyl sites for hydroxylation is 1. The van der Waals surface area contributed by atoms with Gasteiger partial charge in [0.2, 0.25) is 0 Å². The van der Waals surface area contributed by atoms with Crippen molar-refractivity contribution in [3.05, 3.63) is 35.4 Å². The van der Waals surface area contributed by atoms with E-state index in [4.69, 9.17) is 10.2 Å². The van der Waals surface area contributed by atoms with Gasteiger partial charge >= 0.3 is 5.97 Å². The summed E-state index contributed by atoms with van der Waals surface area (Å²) in [5, 5.41) is 17.2. The van der Waals surface area contributed by atoms with Gasteiger partial charge in [-0.1, -0.05) is 12.1 Å². The molecule has 1 aromatic rings. The number of hydrogen-bond acceptors (Lipinski definition) is 2. The highest BCUT2D eigenvalue weighted by atomic mass is 16.4. The third-order valence-electron chi connectivity index (χ3n) is 2.07. The minimum atomic E-state index is -0.896. The van der Waals surface area contributed by atoms with Crippen LogP contribution in [0.2, 0.25) is 0 Å². The smallest absolute Gasteiger partial charge is 0.335 e. The molecular formula is C11H14O3. The molecule has 0 aliphatic carbocycles. The number of carboxylic acid groups (broad SMARTS) is 1. The lowest BCUT2D eigenvalue weighted by atomic mass is 10.1. The van der Waals surface area contributed by atoms with Crippen LogP contribution in [0.4, 0.5) is 0 Å². The molecule has 0 aliphatic rings. The zero-order valence-electron chi connectivity index (χ0n) is 7.94. The van der Waals surface area contributed by atoms with E-state index in [1.165, 1.54) is 0 Å². The van der Waals surface area contributed by atoms with Crippen molar-refractivity contribution in [2.24, 2.45) is 0 Å². The molecule has 1 rings (SSSR count).